The van der Waals surface area contributed by atoms with E-state index in [1.54, 1.807) is 18.2 Å². The molecule has 3 rings (SSSR count). The van der Waals surface area contributed by atoms with Crippen LogP contribution in [-0.2, 0) is 17.9 Å². The maximum absolute atomic E-state index is 14.0. The zero-order valence-electron chi connectivity index (χ0n) is 19.3. The average Bonchev–Trinajstić information content (AvgIpc) is 3.15. The topological polar surface area (TPSA) is 109 Å². The lowest BCUT2D eigenvalue weighted by molar-refractivity contribution is -0.122. The van der Waals surface area contributed by atoms with Gasteiger partial charge in [0.05, 0.1) is 22.6 Å². The Balaban J connectivity index is 1.94. The third-order valence-corrected chi connectivity index (χ3v) is 6.59. The first kappa shape index (κ1) is 28.8. The summed E-state index contributed by atoms with van der Waals surface area (Å²) in [6.45, 7) is 1.33. The lowest BCUT2D eigenvalue weighted by atomic mass is 10.0. The van der Waals surface area contributed by atoms with Crippen LogP contribution < -0.4 is 11.0 Å². The van der Waals surface area contributed by atoms with Crippen LogP contribution >= 0.6 is 34.8 Å². The highest BCUT2D eigenvalue weighted by molar-refractivity contribution is 6.42. The van der Waals surface area contributed by atoms with Gasteiger partial charge in [-0.25, -0.2) is 9.48 Å². The number of aliphatic hydroxyl groups is 2. The maximum Gasteiger partial charge on any atom is 0.346 e. The fourth-order valence-electron chi connectivity index (χ4n) is 3.55. The van der Waals surface area contributed by atoms with Crippen LogP contribution in [0.3, 0.4) is 0 Å². The van der Waals surface area contributed by atoms with E-state index in [-0.39, 0.29) is 35.0 Å². The highest BCUT2D eigenvalue weighted by Crippen LogP contribution is 2.31. The zero-order chi connectivity index (χ0) is 27.3. The van der Waals surface area contributed by atoms with Crippen LogP contribution in [0.4, 0.5) is 8.78 Å². The van der Waals surface area contributed by atoms with Crippen LogP contribution in [0.1, 0.15) is 18.0 Å². The van der Waals surface area contributed by atoms with Crippen LogP contribution in [0.15, 0.2) is 59.9 Å². The molecule has 0 spiro atoms. The van der Waals surface area contributed by atoms with E-state index in [0.29, 0.717) is 16.1 Å². The fraction of sp³-hybridized carbons (Fsp3) is 0.292. The van der Waals surface area contributed by atoms with Gasteiger partial charge < -0.3 is 15.5 Å². The van der Waals surface area contributed by atoms with Gasteiger partial charge in [0.1, 0.15) is 12.6 Å². The molecule has 3 aromatic rings. The van der Waals surface area contributed by atoms with Gasteiger partial charge in [-0.3, -0.25) is 9.36 Å². The molecule has 2 aromatic carbocycles. The molecule has 0 aliphatic heterocycles. The lowest BCUT2D eigenvalue weighted by Crippen LogP contribution is -2.40. The normalized spacial score (nSPS) is 13.3. The van der Waals surface area contributed by atoms with E-state index in [9.17, 15) is 28.6 Å². The SMILES string of the molecule is C=CC(F)(F)[C@@H](O)Cn1c(-c2ccc(Cl)cc2)nn(CC(=O)NC(CCO)c2cccc(Cl)c2Cl)c1=O. The van der Waals surface area contributed by atoms with Crippen molar-refractivity contribution in [2.24, 2.45) is 0 Å². The summed E-state index contributed by atoms with van der Waals surface area (Å²) in [6.07, 6.45) is -1.89. The molecule has 2 atom stereocenters. The van der Waals surface area contributed by atoms with Gasteiger partial charge in [0, 0.05) is 17.2 Å². The van der Waals surface area contributed by atoms with Gasteiger partial charge in [0.15, 0.2) is 5.82 Å². The molecule has 198 valence electrons. The molecular weight excluding hydrogens is 553 g/mol. The highest BCUT2D eigenvalue weighted by Gasteiger charge is 2.36. The lowest BCUT2D eigenvalue weighted by Gasteiger charge is -2.20. The minimum absolute atomic E-state index is 0.0572. The van der Waals surface area contributed by atoms with E-state index >= 15 is 0 Å². The van der Waals surface area contributed by atoms with Crippen LogP contribution in [0, 0.1) is 0 Å². The monoisotopic (exact) mass is 574 g/mol. The van der Waals surface area contributed by atoms with E-state index < -0.39 is 42.8 Å². The van der Waals surface area contributed by atoms with Crippen molar-refractivity contribution in [2.45, 2.75) is 37.6 Å². The van der Waals surface area contributed by atoms with Crippen molar-refractivity contribution in [3.05, 3.63) is 86.2 Å². The molecule has 13 heteroatoms. The number of carbonyl (C=O) groups excluding carboxylic acids is 1. The molecule has 8 nitrogen and oxygen atoms in total. The van der Waals surface area contributed by atoms with Gasteiger partial charge in [-0.2, -0.15) is 8.78 Å². The summed E-state index contributed by atoms with van der Waals surface area (Å²) in [5.41, 5.74) is -0.0942. The number of aliphatic hydroxyl groups excluding tert-OH is 2. The summed E-state index contributed by atoms with van der Waals surface area (Å²) in [5, 5.41) is 27.2. The first-order valence-electron chi connectivity index (χ1n) is 11.0. The highest BCUT2D eigenvalue weighted by atomic mass is 35.5. The second-order valence-electron chi connectivity index (χ2n) is 8.05. The largest absolute Gasteiger partial charge is 0.396 e. The van der Waals surface area contributed by atoms with Gasteiger partial charge in [-0.05, 0) is 48.4 Å². The molecule has 0 bridgehead atoms. The Labute approximate surface area is 225 Å². The number of alkyl halides is 2. The predicted molar refractivity (Wildman–Crippen MR) is 137 cm³/mol. The van der Waals surface area contributed by atoms with E-state index in [0.717, 1.165) is 9.25 Å². The fourth-order valence-corrected chi connectivity index (χ4v) is 4.12. The summed E-state index contributed by atoms with van der Waals surface area (Å²) in [6, 6.07) is 10.2. The number of carbonyl (C=O) groups is 1. The first-order valence-corrected chi connectivity index (χ1v) is 12.1. The number of nitrogens with one attached hydrogen (secondary N) is 1. The van der Waals surface area contributed by atoms with Crippen molar-refractivity contribution in [1.29, 1.82) is 0 Å². The molecule has 37 heavy (non-hydrogen) atoms. The molecule has 1 amide bonds. The minimum atomic E-state index is -3.68. The summed E-state index contributed by atoms with van der Waals surface area (Å²) in [7, 11) is 0. The van der Waals surface area contributed by atoms with E-state index in [1.165, 1.54) is 24.3 Å². The van der Waals surface area contributed by atoms with Crippen molar-refractivity contribution in [3.8, 4) is 11.4 Å². The Bertz CT molecular complexity index is 1330. The molecule has 1 unspecified atom stereocenters. The molecule has 0 saturated heterocycles. The second kappa shape index (κ2) is 12.2. The van der Waals surface area contributed by atoms with Gasteiger partial charge in [-0.1, -0.05) is 53.5 Å². The third kappa shape index (κ3) is 6.77. The van der Waals surface area contributed by atoms with Crippen molar-refractivity contribution >= 4 is 40.7 Å². The summed E-state index contributed by atoms with van der Waals surface area (Å²) < 4.78 is 29.6. The van der Waals surface area contributed by atoms with Crippen LogP contribution in [0.2, 0.25) is 15.1 Å². The first-order chi connectivity index (χ1) is 17.5. The number of nitrogens with zero attached hydrogens (tertiary/aromatic N) is 3. The molecule has 0 fully saturated rings. The molecule has 1 aromatic heterocycles. The number of halogens is 5. The number of amides is 1. The van der Waals surface area contributed by atoms with E-state index in [1.807, 2.05) is 0 Å². The van der Waals surface area contributed by atoms with Gasteiger partial charge in [-0.15, -0.1) is 5.10 Å². The molecule has 0 aliphatic carbocycles. The van der Waals surface area contributed by atoms with Crippen molar-refractivity contribution < 1.29 is 23.8 Å². The molecule has 0 aliphatic rings. The van der Waals surface area contributed by atoms with Crippen molar-refractivity contribution in [1.82, 2.24) is 19.7 Å². The molecule has 0 radical (unpaired) electrons. The quantitative estimate of drug-likeness (QED) is 0.299. The summed E-state index contributed by atoms with van der Waals surface area (Å²) in [5.74, 6) is -4.40. The smallest absolute Gasteiger partial charge is 0.346 e. The van der Waals surface area contributed by atoms with Gasteiger partial charge in [0.2, 0.25) is 5.91 Å². The zero-order valence-corrected chi connectivity index (χ0v) is 21.5. The molecule has 0 saturated carbocycles. The Hall–Kier alpha value is -2.76. The predicted octanol–water partition coefficient (Wildman–Crippen LogP) is 4.09. The Morgan fingerprint density at radius 1 is 1.19 bits per heavy atom. The second-order valence-corrected chi connectivity index (χ2v) is 9.27. The molecular formula is C24H23Cl3F2N4O4. The Morgan fingerprint density at radius 3 is 2.49 bits per heavy atom. The number of rotatable bonds is 11. The minimum Gasteiger partial charge on any atom is -0.396 e. The van der Waals surface area contributed by atoms with Gasteiger partial charge in [0.25, 0.3) is 5.92 Å². The standard InChI is InChI=1S/C24H23Cl3F2N4O4/c1-2-24(28,29)19(35)12-32-22(14-6-8-15(25)9-7-14)31-33(23(32)37)13-20(36)30-18(10-11-34)16-4-3-5-17(26)21(16)27/h2-9,18-19,34-35H,1,10-13H2,(H,30,36)/t18?,19-/m0/s1. The number of hydrogen-bond acceptors (Lipinski definition) is 5. The Morgan fingerprint density at radius 2 is 1.86 bits per heavy atom. The van der Waals surface area contributed by atoms with Crippen LogP contribution in [-0.4, -0.2) is 49.1 Å². The van der Waals surface area contributed by atoms with Crippen LogP contribution in [0.25, 0.3) is 11.4 Å². The number of hydrogen-bond donors (Lipinski definition) is 3. The maximum atomic E-state index is 14.0. The van der Waals surface area contributed by atoms with Crippen molar-refractivity contribution in [3.63, 3.8) is 0 Å². The van der Waals surface area contributed by atoms with Crippen LogP contribution in [0.5, 0.6) is 0 Å². The summed E-state index contributed by atoms with van der Waals surface area (Å²) >= 11 is 18.2. The van der Waals surface area contributed by atoms with Gasteiger partial charge >= 0.3 is 5.69 Å². The number of benzene rings is 2. The average molecular weight is 576 g/mol. The summed E-state index contributed by atoms with van der Waals surface area (Å²) in [4.78, 5) is 26.0. The van der Waals surface area contributed by atoms with E-state index in [4.69, 9.17) is 34.8 Å². The number of aromatic nitrogens is 3. The van der Waals surface area contributed by atoms with Crippen molar-refractivity contribution in [2.75, 3.05) is 6.61 Å². The van der Waals surface area contributed by atoms with E-state index in [2.05, 4.69) is 17.0 Å². The Kier molecular flexibility index (Phi) is 9.49. The third-order valence-electron chi connectivity index (χ3n) is 5.50. The molecule has 1 heterocycles. The molecule has 3 N–H and O–H groups in total.